The van der Waals surface area contributed by atoms with Gasteiger partial charge in [-0.25, -0.2) is 9.78 Å². The predicted octanol–water partition coefficient (Wildman–Crippen LogP) is 0.212. The molecule has 0 saturated carbocycles. The summed E-state index contributed by atoms with van der Waals surface area (Å²) in [4.78, 5) is 15.7. The van der Waals surface area contributed by atoms with Gasteiger partial charge in [0.2, 0.25) is 0 Å². The molecule has 0 spiro atoms. The van der Waals surface area contributed by atoms with Crippen LogP contribution in [0.1, 0.15) is 5.69 Å². The Balaban J connectivity index is 2.30. The van der Waals surface area contributed by atoms with Crippen LogP contribution in [0.4, 0.5) is 5.82 Å². The average Bonchev–Trinajstić information content (AvgIpc) is 2.50. The van der Waals surface area contributed by atoms with Crippen molar-refractivity contribution in [2.75, 3.05) is 5.73 Å². The summed E-state index contributed by atoms with van der Waals surface area (Å²) in [6.45, 7) is 0.449. The van der Waals surface area contributed by atoms with Gasteiger partial charge in [-0.3, -0.25) is 4.57 Å². The molecule has 0 radical (unpaired) electrons. The lowest BCUT2D eigenvalue weighted by atomic mass is 10.3. The van der Waals surface area contributed by atoms with Crippen molar-refractivity contribution in [1.82, 2.24) is 14.1 Å². The van der Waals surface area contributed by atoms with E-state index in [1.165, 1.54) is 4.57 Å². The SMILES string of the molecule is Cn1ccn(Cc2cccc(N)n2)c1=O. The van der Waals surface area contributed by atoms with Crippen molar-refractivity contribution < 1.29 is 0 Å². The Hall–Kier alpha value is -2.04. The Bertz CT molecular complexity index is 526. The third-order valence-corrected chi connectivity index (χ3v) is 2.18. The first-order valence-electron chi connectivity index (χ1n) is 4.60. The Morgan fingerprint density at radius 3 is 2.80 bits per heavy atom. The summed E-state index contributed by atoms with van der Waals surface area (Å²) in [5.41, 5.74) is 6.28. The van der Waals surface area contributed by atoms with Crippen LogP contribution >= 0.6 is 0 Å². The number of imidazole rings is 1. The zero-order valence-corrected chi connectivity index (χ0v) is 8.42. The molecule has 0 atom stereocenters. The van der Waals surface area contributed by atoms with Crippen LogP contribution in [-0.4, -0.2) is 14.1 Å². The van der Waals surface area contributed by atoms with E-state index in [-0.39, 0.29) is 5.69 Å². The van der Waals surface area contributed by atoms with E-state index in [0.717, 1.165) is 5.69 Å². The summed E-state index contributed by atoms with van der Waals surface area (Å²) in [5.74, 6) is 0.469. The van der Waals surface area contributed by atoms with Gasteiger partial charge in [0, 0.05) is 19.4 Å². The third kappa shape index (κ3) is 1.90. The fourth-order valence-electron chi connectivity index (χ4n) is 1.39. The maximum atomic E-state index is 11.5. The lowest BCUT2D eigenvalue weighted by Gasteiger charge is -2.01. The molecule has 0 saturated heterocycles. The van der Waals surface area contributed by atoms with Crippen molar-refractivity contribution in [3.63, 3.8) is 0 Å². The van der Waals surface area contributed by atoms with Crippen molar-refractivity contribution in [2.45, 2.75) is 6.54 Å². The monoisotopic (exact) mass is 204 g/mol. The number of nitrogen functional groups attached to an aromatic ring is 1. The standard InChI is InChI=1S/C10H12N4O/c1-13-5-6-14(10(13)15)7-8-3-2-4-9(11)12-8/h2-6H,7H2,1H3,(H2,11,12). The van der Waals surface area contributed by atoms with Gasteiger partial charge in [0.1, 0.15) is 5.82 Å². The lowest BCUT2D eigenvalue weighted by molar-refractivity contribution is 0.705. The number of aromatic nitrogens is 3. The zero-order chi connectivity index (χ0) is 10.8. The quantitative estimate of drug-likeness (QED) is 0.760. The first kappa shape index (κ1) is 9.51. The highest BCUT2D eigenvalue weighted by Gasteiger charge is 2.01. The number of hydrogen-bond donors (Lipinski definition) is 1. The normalized spacial score (nSPS) is 10.5. The highest BCUT2D eigenvalue weighted by Crippen LogP contribution is 2.01. The van der Waals surface area contributed by atoms with Crippen LogP contribution in [0.25, 0.3) is 0 Å². The smallest absolute Gasteiger partial charge is 0.328 e. The second-order valence-corrected chi connectivity index (χ2v) is 3.37. The van der Waals surface area contributed by atoms with E-state index in [0.29, 0.717) is 12.4 Å². The number of hydrogen-bond acceptors (Lipinski definition) is 3. The molecule has 5 heteroatoms. The maximum absolute atomic E-state index is 11.5. The number of rotatable bonds is 2. The fourth-order valence-corrected chi connectivity index (χ4v) is 1.39. The van der Waals surface area contributed by atoms with Crippen LogP contribution < -0.4 is 11.4 Å². The lowest BCUT2D eigenvalue weighted by Crippen LogP contribution is -2.22. The number of pyridine rings is 1. The number of anilines is 1. The second kappa shape index (κ2) is 3.61. The summed E-state index contributed by atoms with van der Waals surface area (Å²) in [6, 6.07) is 5.39. The molecule has 0 unspecified atom stereocenters. The molecule has 2 rings (SSSR count). The summed E-state index contributed by atoms with van der Waals surface area (Å²) in [6.07, 6.45) is 3.45. The molecular formula is C10H12N4O. The van der Waals surface area contributed by atoms with Gasteiger partial charge in [0.25, 0.3) is 0 Å². The molecule has 15 heavy (non-hydrogen) atoms. The first-order valence-corrected chi connectivity index (χ1v) is 4.60. The van der Waals surface area contributed by atoms with Crippen molar-refractivity contribution in [1.29, 1.82) is 0 Å². The van der Waals surface area contributed by atoms with Gasteiger partial charge < -0.3 is 10.3 Å². The summed E-state index contributed by atoms with van der Waals surface area (Å²) in [7, 11) is 1.71. The molecule has 2 N–H and O–H groups in total. The topological polar surface area (TPSA) is 65.8 Å². The molecule has 78 valence electrons. The third-order valence-electron chi connectivity index (χ3n) is 2.18. The summed E-state index contributed by atoms with van der Waals surface area (Å²) < 4.78 is 3.11. The largest absolute Gasteiger partial charge is 0.384 e. The zero-order valence-electron chi connectivity index (χ0n) is 8.42. The molecule has 0 aliphatic rings. The Morgan fingerprint density at radius 1 is 1.40 bits per heavy atom. The molecule has 0 bridgehead atoms. The molecule has 0 fully saturated rings. The first-order chi connectivity index (χ1) is 7.16. The molecule has 0 aliphatic heterocycles. The minimum Gasteiger partial charge on any atom is -0.384 e. The van der Waals surface area contributed by atoms with Gasteiger partial charge in [-0.15, -0.1) is 0 Å². The highest BCUT2D eigenvalue weighted by molar-refractivity contribution is 5.28. The van der Waals surface area contributed by atoms with E-state index in [1.807, 2.05) is 12.1 Å². The van der Waals surface area contributed by atoms with Gasteiger partial charge in [0.05, 0.1) is 12.2 Å². The van der Waals surface area contributed by atoms with E-state index in [4.69, 9.17) is 5.73 Å². The number of nitrogens with zero attached hydrogens (tertiary/aromatic N) is 3. The van der Waals surface area contributed by atoms with E-state index in [9.17, 15) is 4.79 Å². The minimum atomic E-state index is -0.0563. The fraction of sp³-hybridized carbons (Fsp3) is 0.200. The second-order valence-electron chi connectivity index (χ2n) is 3.37. The van der Waals surface area contributed by atoms with Crippen LogP contribution in [0.5, 0.6) is 0 Å². The van der Waals surface area contributed by atoms with Crippen molar-refractivity contribution in [3.8, 4) is 0 Å². The van der Waals surface area contributed by atoms with Gasteiger partial charge in [0.15, 0.2) is 0 Å². The Morgan fingerprint density at radius 2 is 2.20 bits per heavy atom. The molecule has 5 nitrogen and oxygen atoms in total. The molecule has 0 aromatic carbocycles. The molecule has 0 amide bonds. The average molecular weight is 204 g/mol. The molecule has 2 aromatic rings. The predicted molar refractivity (Wildman–Crippen MR) is 57.4 cm³/mol. The van der Waals surface area contributed by atoms with E-state index >= 15 is 0 Å². The van der Waals surface area contributed by atoms with Crippen molar-refractivity contribution >= 4 is 5.82 Å². The number of aryl methyl sites for hydroxylation is 1. The highest BCUT2D eigenvalue weighted by atomic mass is 16.1. The molecule has 2 heterocycles. The van der Waals surface area contributed by atoms with Crippen LogP contribution in [-0.2, 0) is 13.6 Å². The number of nitrogens with two attached hydrogens (primary N) is 1. The van der Waals surface area contributed by atoms with E-state index < -0.39 is 0 Å². The van der Waals surface area contributed by atoms with Crippen LogP contribution in [0, 0.1) is 0 Å². The van der Waals surface area contributed by atoms with E-state index in [2.05, 4.69) is 4.98 Å². The summed E-state index contributed by atoms with van der Waals surface area (Å²) in [5, 5.41) is 0. The maximum Gasteiger partial charge on any atom is 0.328 e. The molecular weight excluding hydrogens is 192 g/mol. The van der Waals surface area contributed by atoms with Gasteiger partial charge in [-0.05, 0) is 12.1 Å². The molecule has 0 aliphatic carbocycles. The van der Waals surface area contributed by atoms with Gasteiger partial charge in [-0.2, -0.15) is 0 Å². The van der Waals surface area contributed by atoms with Crippen LogP contribution in [0.15, 0.2) is 35.4 Å². The van der Waals surface area contributed by atoms with Crippen LogP contribution in [0.3, 0.4) is 0 Å². The Kier molecular flexibility index (Phi) is 2.29. The summed E-state index contributed by atoms with van der Waals surface area (Å²) >= 11 is 0. The van der Waals surface area contributed by atoms with Gasteiger partial charge >= 0.3 is 5.69 Å². The van der Waals surface area contributed by atoms with Gasteiger partial charge in [-0.1, -0.05) is 6.07 Å². The Labute approximate surface area is 86.8 Å². The van der Waals surface area contributed by atoms with E-state index in [1.54, 1.807) is 30.1 Å². The van der Waals surface area contributed by atoms with Crippen molar-refractivity contribution in [3.05, 3.63) is 46.8 Å². The minimum absolute atomic E-state index is 0.0563. The van der Waals surface area contributed by atoms with Crippen LogP contribution in [0.2, 0.25) is 0 Å². The van der Waals surface area contributed by atoms with Crippen molar-refractivity contribution in [2.24, 2.45) is 7.05 Å². The molecule has 2 aromatic heterocycles.